The number of nitrogens with zero attached hydrogens (tertiary/aromatic N) is 2. The lowest BCUT2D eigenvalue weighted by molar-refractivity contribution is 1.19. The van der Waals surface area contributed by atoms with Gasteiger partial charge in [-0.3, -0.25) is 0 Å². The van der Waals surface area contributed by atoms with Crippen LogP contribution in [0.2, 0.25) is 0 Å². The molecule has 2 nitrogen and oxygen atoms in total. The summed E-state index contributed by atoms with van der Waals surface area (Å²) >= 11 is 1.86. The summed E-state index contributed by atoms with van der Waals surface area (Å²) in [6.07, 6.45) is 0. The van der Waals surface area contributed by atoms with Crippen LogP contribution in [0.1, 0.15) is 0 Å². The van der Waals surface area contributed by atoms with Crippen LogP contribution in [0.5, 0.6) is 0 Å². The van der Waals surface area contributed by atoms with Crippen LogP contribution in [0.4, 0.5) is 17.1 Å². The Labute approximate surface area is 288 Å². The highest BCUT2D eigenvalue weighted by molar-refractivity contribution is 7.25. The minimum atomic E-state index is 1.12. The predicted molar refractivity (Wildman–Crippen MR) is 211 cm³/mol. The van der Waals surface area contributed by atoms with Crippen molar-refractivity contribution in [2.24, 2.45) is 0 Å². The molecule has 0 unspecified atom stereocenters. The molecule has 10 rings (SSSR count). The highest BCUT2D eigenvalue weighted by Crippen LogP contribution is 2.43. The zero-order chi connectivity index (χ0) is 32.3. The van der Waals surface area contributed by atoms with Gasteiger partial charge in [-0.25, -0.2) is 0 Å². The Morgan fingerprint density at radius 2 is 0.980 bits per heavy atom. The van der Waals surface area contributed by atoms with Crippen molar-refractivity contribution in [2.75, 3.05) is 4.90 Å². The molecule has 0 fully saturated rings. The number of fused-ring (bicyclic) bond motifs is 8. The van der Waals surface area contributed by atoms with Crippen LogP contribution in [-0.4, -0.2) is 4.57 Å². The van der Waals surface area contributed by atoms with Gasteiger partial charge in [0.25, 0.3) is 0 Å². The molecule has 3 heteroatoms. The first-order valence-electron chi connectivity index (χ1n) is 16.7. The summed E-state index contributed by atoms with van der Waals surface area (Å²) in [5, 5.41) is 7.60. The van der Waals surface area contributed by atoms with E-state index in [1.54, 1.807) is 0 Å². The van der Waals surface area contributed by atoms with Crippen LogP contribution in [0.25, 0.3) is 69.6 Å². The van der Waals surface area contributed by atoms with Gasteiger partial charge in [0.1, 0.15) is 0 Å². The third-order valence-electron chi connectivity index (χ3n) is 9.76. The minimum absolute atomic E-state index is 1.12. The van der Waals surface area contributed by atoms with Gasteiger partial charge in [-0.05, 0) is 77.2 Å². The lowest BCUT2D eigenvalue weighted by Crippen LogP contribution is -2.09. The van der Waals surface area contributed by atoms with Crippen molar-refractivity contribution in [3.8, 4) is 16.8 Å². The largest absolute Gasteiger partial charge is 0.310 e. The normalized spacial score (nSPS) is 11.7. The maximum Gasteiger partial charge on any atom is 0.0619 e. The van der Waals surface area contributed by atoms with Crippen molar-refractivity contribution >= 4 is 81.1 Å². The molecule has 0 aliphatic heterocycles. The minimum Gasteiger partial charge on any atom is -0.310 e. The van der Waals surface area contributed by atoms with Gasteiger partial charge >= 0.3 is 0 Å². The van der Waals surface area contributed by atoms with E-state index in [1.807, 2.05) is 11.3 Å². The summed E-state index contributed by atoms with van der Waals surface area (Å²) in [5.74, 6) is 0. The maximum atomic E-state index is 2.42. The van der Waals surface area contributed by atoms with Gasteiger partial charge in [0.2, 0.25) is 0 Å². The summed E-state index contributed by atoms with van der Waals surface area (Å²) in [7, 11) is 0. The second-order valence-corrected chi connectivity index (χ2v) is 13.7. The maximum absolute atomic E-state index is 2.42. The molecule has 2 heterocycles. The molecule has 0 N–H and O–H groups in total. The monoisotopic (exact) mass is 642 g/mol. The molecule has 0 bridgehead atoms. The first kappa shape index (κ1) is 27.9. The van der Waals surface area contributed by atoms with E-state index in [-0.39, 0.29) is 0 Å². The first-order chi connectivity index (χ1) is 24.3. The van der Waals surface area contributed by atoms with E-state index in [9.17, 15) is 0 Å². The lowest BCUT2D eigenvalue weighted by Gasteiger charge is -2.26. The zero-order valence-corrected chi connectivity index (χ0v) is 27.4. The summed E-state index contributed by atoms with van der Waals surface area (Å²) in [6, 6.07) is 66.2. The Morgan fingerprint density at radius 3 is 1.80 bits per heavy atom. The number of benzene rings is 8. The van der Waals surface area contributed by atoms with Crippen LogP contribution in [0, 0.1) is 0 Å². The van der Waals surface area contributed by atoms with Crippen molar-refractivity contribution in [1.82, 2.24) is 4.57 Å². The molecule has 0 atom stereocenters. The fourth-order valence-electron chi connectivity index (χ4n) is 7.49. The fourth-order valence-corrected chi connectivity index (χ4v) is 8.63. The molecule has 0 amide bonds. The van der Waals surface area contributed by atoms with E-state index in [4.69, 9.17) is 0 Å². The summed E-state index contributed by atoms with van der Waals surface area (Å²) in [4.78, 5) is 2.40. The van der Waals surface area contributed by atoms with E-state index in [0.29, 0.717) is 0 Å². The average Bonchev–Trinajstić information content (AvgIpc) is 3.71. The predicted octanol–water partition coefficient (Wildman–Crippen LogP) is 13.4. The van der Waals surface area contributed by atoms with Crippen LogP contribution in [-0.2, 0) is 0 Å². The molecular weight excluding hydrogens is 613 g/mol. The molecule has 10 aromatic rings. The summed E-state index contributed by atoms with van der Waals surface area (Å²) < 4.78 is 5.03. The molecule has 49 heavy (non-hydrogen) atoms. The van der Waals surface area contributed by atoms with E-state index in [1.165, 1.54) is 69.6 Å². The van der Waals surface area contributed by atoms with E-state index in [2.05, 4.69) is 191 Å². The van der Waals surface area contributed by atoms with Gasteiger partial charge in [-0.2, -0.15) is 0 Å². The topological polar surface area (TPSA) is 8.17 Å². The molecule has 8 aromatic carbocycles. The van der Waals surface area contributed by atoms with Crippen molar-refractivity contribution in [3.05, 3.63) is 182 Å². The standard InChI is InChI=1S/C46H30N2S/c1-3-11-31(12-4-1)32-19-22-35(23-20-32)47(37-25-28-41-40-16-8-10-18-44(40)49-45(41)30-37)36-24-27-38-33(29-36)21-26-42-39-15-7-9-17-43(39)48(46(38)42)34-13-5-2-6-14-34/h1-30H. The Kier molecular flexibility index (Phi) is 6.39. The first-order valence-corrected chi connectivity index (χ1v) is 17.5. The number of hydrogen-bond acceptors (Lipinski definition) is 2. The Morgan fingerprint density at radius 1 is 0.388 bits per heavy atom. The number of rotatable bonds is 5. The van der Waals surface area contributed by atoms with Gasteiger partial charge in [0, 0.05) is 59.1 Å². The van der Waals surface area contributed by atoms with Gasteiger partial charge < -0.3 is 9.47 Å². The Balaban J connectivity index is 1.18. The van der Waals surface area contributed by atoms with Gasteiger partial charge in [-0.15, -0.1) is 11.3 Å². The molecule has 2 aromatic heterocycles. The lowest BCUT2D eigenvalue weighted by atomic mass is 10.0. The number of anilines is 3. The van der Waals surface area contributed by atoms with E-state index >= 15 is 0 Å². The molecular formula is C46H30N2S. The van der Waals surface area contributed by atoms with Crippen molar-refractivity contribution in [3.63, 3.8) is 0 Å². The van der Waals surface area contributed by atoms with Crippen LogP contribution in [0.15, 0.2) is 182 Å². The molecule has 0 saturated carbocycles. The van der Waals surface area contributed by atoms with Crippen LogP contribution < -0.4 is 4.90 Å². The Hall–Kier alpha value is -6.16. The van der Waals surface area contributed by atoms with Gasteiger partial charge in [0.15, 0.2) is 0 Å². The molecule has 230 valence electrons. The SMILES string of the molecule is c1ccc(-c2ccc(N(c3ccc4c(ccc5c6ccccc6n(-c6ccccc6)c45)c3)c3ccc4c(c3)sc3ccccc34)cc2)cc1. The van der Waals surface area contributed by atoms with Gasteiger partial charge in [-0.1, -0.05) is 121 Å². The third-order valence-corrected chi connectivity index (χ3v) is 10.9. The van der Waals surface area contributed by atoms with E-state index in [0.717, 1.165) is 17.1 Å². The molecule has 0 aliphatic rings. The van der Waals surface area contributed by atoms with E-state index < -0.39 is 0 Å². The van der Waals surface area contributed by atoms with Gasteiger partial charge in [0.05, 0.1) is 11.0 Å². The second kappa shape index (κ2) is 11.2. The van der Waals surface area contributed by atoms with Crippen molar-refractivity contribution < 1.29 is 0 Å². The highest BCUT2D eigenvalue weighted by atomic mass is 32.1. The van der Waals surface area contributed by atoms with Crippen molar-refractivity contribution in [2.45, 2.75) is 0 Å². The summed E-state index contributed by atoms with van der Waals surface area (Å²) in [6.45, 7) is 0. The number of thiophene rings is 1. The molecule has 0 spiro atoms. The van der Waals surface area contributed by atoms with Crippen LogP contribution >= 0.6 is 11.3 Å². The molecule has 0 radical (unpaired) electrons. The third kappa shape index (κ3) is 4.55. The highest BCUT2D eigenvalue weighted by Gasteiger charge is 2.18. The number of aromatic nitrogens is 1. The molecule has 0 saturated heterocycles. The Bertz CT molecular complexity index is 2810. The average molecular weight is 643 g/mol. The zero-order valence-electron chi connectivity index (χ0n) is 26.6. The van der Waals surface area contributed by atoms with Crippen LogP contribution in [0.3, 0.4) is 0 Å². The smallest absolute Gasteiger partial charge is 0.0619 e. The number of para-hydroxylation sites is 2. The molecule has 0 aliphatic carbocycles. The van der Waals surface area contributed by atoms with Crippen molar-refractivity contribution in [1.29, 1.82) is 0 Å². The quantitative estimate of drug-likeness (QED) is 0.181. The number of hydrogen-bond donors (Lipinski definition) is 0. The fraction of sp³-hybridized carbons (Fsp3) is 0. The second-order valence-electron chi connectivity index (χ2n) is 12.6. The summed E-state index contributed by atoms with van der Waals surface area (Å²) in [5.41, 5.74) is 9.45.